The molecule has 0 aliphatic heterocycles. The average molecular weight is 287 g/mol. The normalized spacial score (nSPS) is 10.9. The minimum Gasteiger partial charge on any atom is -0.504 e. The van der Waals surface area contributed by atoms with E-state index in [0.717, 1.165) is 17.7 Å². The molecule has 2 aromatic rings. The van der Waals surface area contributed by atoms with Gasteiger partial charge in [0.25, 0.3) is 0 Å². The van der Waals surface area contributed by atoms with Crippen LogP contribution in [0.4, 0.5) is 5.82 Å². The van der Waals surface area contributed by atoms with E-state index in [4.69, 9.17) is 10.5 Å². The van der Waals surface area contributed by atoms with Crippen LogP contribution in [0.25, 0.3) is 11.4 Å². The maximum atomic E-state index is 9.75. The van der Waals surface area contributed by atoms with E-state index in [1.807, 2.05) is 6.92 Å². The summed E-state index contributed by atoms with van der Waals surface area (Å²) in [5, 5.41) is 9.75. The quantitative estimate of drug-likeness (QED) is 0.883. The highest BCUT2D eigenvalue weighted by atomic mass is 16.5. The predicted octanol–water partition coefficient (Wildman–Crippen LogP) is 3.03. The van der Waals surface area contributed by atoms with E-state index >= 15 is 0 Å². The van der Waals surface area contributed by atoms with Gasteiger partial charge in [-0.15, -0.1) is 0 Å². The third-order valence-corrected chi connectivity index (χ3v) is 2.93. The molecule has 1 aromatic carbocycles. The summed E-state index contributed by atoms with van der Waals surface area (Å²) in [5.41, 5.74) is 7.55. The molecule has 0 atom stereocenters. The van der Waals surface area contributed by atoms with Gasteiger partial charge in [0.05, 0.1) is 6.61 Å². The summed E-state index contributed by atoms with van der Waals surface area (Å²) < 4.78 is 5.39. The van der Waals surface area contributed by atoms with E-state index in [1.54, 1.807) is 24.3 Å². The first-order chi connectivity index (χ1) is 9.99. The third kappa shape index (κ3) is 3.84. The molecule has 0 saturated heterocycles. The van der Waals surface area contributed by atoms with Crippen LogP contribution in [0, 0.1) is 5.92 Å². The topological polar surface area (TPSA) is 81.3 Å². The largest absolute Gasteiger partial charge is 0.504 e. The number of aromatic hydroxyl groups is 1. The van der Waals surface area contributed by atoms with Crippen LogP contribution in [-0.2, 0) is 6.42 Å². The van der Waals surface area contributed by atoms with Gasteiger partial charge in [-0.1, -0.05) is 13.8 Å². The zero-order chi connectivity index (χ0) is 15.4. The molecule has 0 amide bonds. The van der Waals surface area contributed by atoms with Gasteiger partial charge in [-0.3, -0.25) is 0 Å². The van der Waals surface area contributed by atoms with Crippen molar-refractivity contribution < 1.29 is 9.84 Å². The van der Waals surface area contributed by atoms with Crippen LogP contribution in [0.2, 0.25) is 0 Å². The van der Waals surface area contributed by atoms with Crippen molar-refractivity contribution in [2.75, 3.05) is 12.3 Å². The Morgan fingerprint density at radius 1 is 1.24 bits per heavy atom. The van der Waals surface area contributed by atoms with Gasteiger partial charge in [0.1, 0.15) is 5.82 Å². The van der Waals surface area contributed by atoms with Gasteiger partial charge >= 0.3 is 0 Å². The first-order valence-corrected chi connectivity index (χ1v) is 7.09. The van der Waals surface area contributed by atoms with E-state index in [2.05, 4.69) is 23.8 Å². The number of nitrogens with two attached hydrogens (primary N) is 1. The van der Waals surface area contributed by atoms with Crippen molar-refractivity contribution in [2.45, 2.75) is 27.2 Å². The fraction of sp³-hybridized carbons (Fsp3) is 0.375. The Morgan fingerprint density at radius 3 is 2.67 bits per heavy atom. The van der Waals surface area contributed by atoms with Crippen molar-refractivity contribution >= 4 is 5.82 Å². The van der Waals surface area contributed by atoms with Crippen molar-refractivity contribution in [3.8, 4) is 22.9 Å². The number of hydrogen-bond donors (Lipinski definition) is 2. The number of hydrogen-bond acceptors (Lipinski definition) is 5. The molecule has 0 bridgehead atoms. The molecule has 0 fully saturated rings. The Morgan fingerprint density at radius 2 is 2.00 bits per heavy atom. The number of aromatic nitrogens is 2. The van der Waals surface area contributed by atoms with Gasteiger partial charge in [0.15, 0.2) is 17.3 Å². The number of anilines is 1. The molecule has 21 heavy (non-hydrogen) atoms. The molecule has 1 aromatic heterocycles. The van der Waals surface area contributed by atoms with Crippen LogP contribution in [0.15, 0.2) is 24.3 Å². The molecule has 2 rings (SSSR count). The van der Waals surface area contributed by atoms with Crippen molar-refractivity contribution in [2.24, 2.45) is 5.92 Å². The first kappa shape index (κ1) is 15.1. The number of rotatable bonds is 5. The summed E-state index contributed by atoms with van der Waals surface area (Å²) in [6.45, 7) is 6.61. The van der Waals surface area contributed by atoms with Crippen LogP contribution >= 0.6 is 0 Å². The van der Waals surface area contributed by atoms with E-state index in [1.165, 1.54) is 0 Å². The molecule has 0 unspecified atom stereocenters. The molecule has 112 valence electrons. The molecule has 0 saturated carbocycles. The zero-order valence-electron chi connectivity index (χ0n) is 12.6. The lowest BCUT2D eigenvalue weighted by molar-refractivity contribution is 0.318. The summed E-state index contributed by atoms with van der Waals surface area (Å²) in [4.78, 5) is 8.82. The zero-order valence-corrected chi connectivity index (χ0v) is 12.6. The molecule has 5 nitrogen and oxygen atoms in total. The van der Waals surface area contributed by atoms with Crippen LogP contribution in [0.5, 0.6) is 11.5 Å². The minimum absolute atomic E-state index is 0.104. The summed E-state index contributed by atoms with van der Waals surface area (Å²) in [6, 6.07) is 6.86. The van der Waals surface area contributed by atoms with Gasteiger partial charge in [0, 0.05) is 17.3 Å². The Bertz CT molecular complexity index is 627. The molecule has 1 heterocycles. The summed E-state index contributed by atoms with van der Waals surface area (Å²) >= 11 is 0. The van der Waals surface area contributed by atoms with Gasteiger partial charge in [0.2, 0.25) is 0 Å². The minimum atomic E-state index is 0.104. The van der Waals surface area contributed by atoms with Crippen molar-refractivity contribution in [1.29, 1.82) is 0 Å². The summed E-state index contributed by atoms with van der Waals surface area (Å²) in [5.74, 6) is 2.01. The number of nitrogens with zero attached hydrogens (tertiary/aromatic N) is 2. The smallest absolute Gasteiger partial charge is 0.161 e. The number of ether oxygens (including phenoxy) is 1. The highest BCUT2D eigenvalue weighted by molar-refractivity contribution is 5.62. The van der Waals surface area contributed by atoms with Crippen LogP contribution in [0.3, 0.4) is 0 Å². The lowest BCUT2D eigenvalue weighted by Gasteiger charge is -2.10. The van der Waals surface area contributed by atoms with Crippen molar-refractivity contribution in [1.82, 2.24) is 9.97 Å². The van der Waals surface area contributed by atoms with Crippen LogP contribution in [0.1, 0.15) is 26.5 Å². The second-order valence-corrected chi connectivity index (χ2v) is 5.32. The summed E-state index contributed by atoms with van der Waals surface area (Å²) in [6.07, 6.45) is 0.843. The molecular formula is C16H21N3O2. The molecule has 0 aliphatic carbocycles. The molecule has 0 spiro atoms. The molecular weight excluding hydrogens is 266 g/mol. The summed E-state index contributed by atoms with van der Waals surface area (Å²) in [7, 11) is 0. The van der Waals surface area contributed by atoms with Gasteiger partial charge in [-0.2, -0.15) is 0 Å². The standard InChI is InChI=1S/C16H21N3O2/c1-4-21-14-8-11(5-6-13(14)20)16-18-12(7-10(2)3)9-15(17)19-16/h5-6,8-10,20H,4,7H2,1-3H3,(H2,17,18,19). The SMILES string of the molecule is CCOc1cc(-c2nc(N)cc(CC(C)C)n2)ccc1O. The Balaban J connectivity index is 2.41. The number of nitrogen functional groups attached to an aromatic ring is 1. The Hall–Kier alpha value is -2.30. The first-order valence-electron chi connectivity index (χ1n) is 7.09. The van der Waals surface area contributed by atoms with Gasteiger partial charge < -0.3 is 15.6 Å². The van der Waals surface area contributed by atoms with E-state index in [-0.39, 0.29) is 5.75 Å². The monoisotopic (exact) mass is 287 g/mol. The molecule has 0 radical (unpaired) electrons. The third-order valence-electron chi connectivity index (χ3n) is 2.93. The number of phenolic OH excluding ortho intramolecular Hbond substituents is 1. The maximum absolute atomic E-state index is 9.75. The lowest BCUT2D eigenvalue weighted by atomic mass is 10.1. The highest BCUT2D eigenvalue weighted by Crippen LogP contribution is 2.30. The Labute approximate surface area is 124 Å². The second kappa shape index (κ2) is 6.43. The number of benzene rings is 1. The van der Waals surface area contributed by atoms with Crippen molar-refractivity contribution in [3.05, 3.63) is 30.0 Å². The predicted molar refractivity (Wildman–Crippen MR) is 83.3 cm³/mol. The van der Waals surface area contributed by atoms with Crippen LogP contribution < -0.4 is 10.5 Å². The highest BCUT2D eigenvalue weighted by Gasteiger charge is 2.10. The fourth-order valence-corrected chi connectivity index (χ4v) is 2.09. The second-order valence-electron chi connectivity index (χ2n) is 5.32. The fourth-order valence-electron chi connectivity index (χ4n) is 2.09. The average Bonchev–Trinajstić information content (AvgIpc) is 2.40. The number of phenols is 1. The molecule has 5 heteroatoms. The van der Waals surface area contributed by atoms with Crippen LogP contribution in [-0.4, -0.2) is 21.7 Å². The van der Waals surface area contributed by atoms with E-state index in [0.29, 0.717) is 29.9 Å². The van der Waals surface area contributed by atoms with E-state index < -0.39 is 0 Å². The lowest BCUT2D eigenvalue weighted by Crippen LogP contribution is -2.03. The van der Waals surface area contributed by atoms with Gasteiger partial charge in [-0.25, -0.2) is 9.97 Å². The Kier molecular flexibility index (Phi) is 4.62. The maximum Gasteiger partial charge on any atom is 0.161 e. The molecule has 3 N–H and O–H groups in total. The van der Waals surface area contributed by atoms with E-state index in [9.17, 15) is 5.11 Å². The van der Waals surface area contributed by atoms with Crippen molar-refractivity contribution in [3.63, 3.8) is 0 Å². The van der Waals surface area contributed by atoms with Gasteiger partial charge in [-0.05, 0) is 37.5 Å². The molecule has 0 aliphatic rings.